The molecule has 0 saturated carbocycles. The summed E-state index contributed by atoms with van der Waals surface area (Å²) in [5.41, 5.74) is 3.50. The molecular formula is C51H29N5O9S. The molecule has 13 aromatic rings. The van der Waals surface area contributed by atoms with E-state index in [0.717, 1.165) is 48.1 Å². The van der Waals surface area contributed by atoms with Gasteiger partial charge in [-0.2, -0.15) is 9.97 Å². The van der Waals surface area contributed by atoms with Gasteiger partial charge in [-0.15, -0.1) is 11.3 Å². The van der Waals surface area contributed by atoms with Crippen molar-refractivity contribution in [2.75, 3.05) is 0 Å². The van der Waals surface area contributed by atoms with Crippen LogP contribution in [0.3, 0.4) is 0 Å². The lowest BCUT2D eigenvalue weighted by Gasteiger charge is -2.15. The van der Waals surface area contributed by atoms with E-state index >= 15 is 0 Å². The first kappa shape index (κ1) is 37.4. The summed E-state index contributed by atoms with van der Waals surface area (Å²) in [7, 11) is 0. The van der Waals surface area contributed by atoms with E-state index in [1.54, 1.807) is 12.1 Å². The Bertz CT molecular complexity index is 4170. The number of hydrogen-bond donors (Lipinski definition) is 8. The summed E-state index contributed by atoms with van der Waals surface area (Å²) in [4.78, 5) is 15.8. The maximum absolute atomic E-state index is 11.6. The van der Waals surface area contributed by atoms with Crippen LogP contribution in [0.4, 0.5) is 0 Å². The number of aromatic hydroxyl groups is 8. The van der Waals surface area contributed by atoms with E-state index in [1.165, 1.54) is 15.9 Å². The Morgan fingerprint density at radius 1 is 0.394 bits per heavy atom. The molecule has 0 radical (unpaired) electrons. The third-order valence-electron chi connectivity index (χ3n) is 12.4. The predicted molar refractivity (Wildman–Crippen MR) is 253 cm³/mol. The van der Waals surface area contributed by atoms with Crippen molar-refractivity contribution in [3.05, 3.63) is 127 Å². The van der Waals surface area contributed by atoms with Gasteiger partial charge < -0.3 is 49.8 Å². The summed E-state index contributed by atoms with van der Waals surface area (Å²) in [6.45, 7) is 0. The number of rotatable bonds is 4. The van der Waals surface area contributed by atoms with E-state index < -0.39 is 56.8 Å². The van der Waals surface area contributed by atoms with E-state index in [-0.39, 0.29) is 28.5 Å². The Balaban J connectivity index is 1.21. The lowest BCUT2D eigenvalue weighted by Crippen LogP contribution is -2.07. The molecule has 13 rings (SSSR count). The molecule has 0 saturated heterocycles. The Morgan fingerprint density at radius 3 is 1.58 bits per heavy atom. The highest BCUT2D eigenvalue weighted by Gasteiger charge is 2.33. The Kier molecular flexibility index (Phi) is 7.45. The van der Waals surface area contributed by atoms with Crippen molar-refractivity contribution in [2.45, 2.75) is 0 Å². The molecule has 0 amide bonds. The maximum atomic E-state index is 11.6. The van der Waals surface area contributed by atoms with Crippen LogP contribution < -0.4 is 0 Å². The van der Waals surface area contributed by atoms with Crippen molar-refractivity contribution in [2.24, 2.45) is 0 Å². The number of benzene rings is 8. The number of thiophene rings is 1. The number of hydrogen-bond acceptors (Lipinski definition) is 13. The maximum Gasteiger partial charge on any atom is 0.238 e. The van der Waals surface area contributed by atoms with E-state index in [0.29, 0.717) is 32.8 Å². The molecule has 8 aromatic carbocycles. The molecule has 0 aliphatic heterocycles. The summed E-state index contributed by atoms with van der Waals surface area (Å²) in [6, 6.07) is 40.5. The average molecular weight is 888 g/mol. The van der Waals surface area contributed by atoms with Gasteiger partial charge in [0.1, 0.15) is 22.2 Å². The second-order valence-corrected chi connectivity index (χ2v) is 17.0. The van der Waals surface area contributed by atoms with Gasteiger partial charge in [0.25, 0.3) is 0 Å². The Labute approximate surface area is 372 Å². The second kappa shape index (κ2) is 13.2. The van der Waals surface area contributed by atoms with Gasteiger partial charge in [-0.25, -0.2) is 4.98 Å². The zero-order valence-corrected chi connectivity index (χ0v) is 34.6. The van der Waals surface area contributed by atoms with Crippen LogP contribution in [0.15, 0.2) is 132 Å². The van der Waals surface area contributed by atoms with Gasteiger partial charge in [0.2, 0.25) is 28.9 Å². The molecule has 0 aliphatic rings. The number of fused-ring (bicyclic) bond motifs is 12. The number of phenolic OH excluding ortho intramolecular Hbond substituents is 8. The fourth-order valence-electron chi connectivity index (χ4n) is 9.60. The first-order valence-electron chi connectivity index (χ1n) is 20.5. The highest BCUT2D eigenvalue weighted by atomic mass is 32.1. The quantitative estimate of drug-likeness (QED) is 0.0610. The van der Waals surface area contributed by atoms with Gasteiger partial charge in [-0.05, 0) is 42.5 Å². The third-order valence-corrected chi connectivity index (χ3v) is 13.6. The van der Waals surface area contributed by atoms with Crippen molar-refractivity contribution in [1.29, 1.82) is 0 Å². The summed E-state index contributed by atoms with van der Waals surface area (Å²) in [5.74, 6) is -7.48. The molecular weight excluding hydrogens is 859 g/mol. The van der Waals surface area contributed by atoms with Gasteiger partial charge in [0.15, 0.2) is 34.6 Å². The minimum atomic E-state index is -1.12. The fraction of sp³-hybridized carbons (Fsp3) is 0. The molecule has 5 aromatic heterocycles. The van der Waals surface area contributed by atoms with E-state index in [4.69, 9.17) is 19.4 Å². The van der Waals surface area contributed by atoms with Gasteiger partial charge in [-0.1, -0.05) is 84.9 Å². The lowest BCUT2D eigenvalue weighted by molar-refractivity contribution is 0.350. The molecule has 0 aliphatic carbocycles. The molecule has 14 nitrogen and oxygen atoms in total. The number of phenols is 8. The molecule has 5 heterocycles. The molecule has 0 bridgehead atoms. The van der Waals surface area contributed by atoms with Crippen LogP contribution in [0.5, 0.6) is 46.0 Å². The molecule has 15 heteroatoms. The van der Waals surface area contributed by atoms with Gasteiger partial charge in [0.05, 0.1) is 21.8 Å². The molecule has 8 N–H and O–H groups in total. The van der Waals surface area contributed by atoms with E-state index in [9.17, 15) is 40.9 Å². The minimum Gasteiger partial charge on any atom is -0.504 e. The number of furan rings is 1. The van der Waals surface area contributed by atoms with Gasteiger partial charge in [0, 0.05) is 58.5 Å². The van der Waals surface area contributed by atoms with Crippen LogP contribution in [0.25, 0.3) is 120 Å². The van der Waals surface area contributed by atoms with Crippen LogP contribution in [0, 0.1) is 0 Å². The lowest BCUT2D eigenvalue weighted by atomic mass is 10.0. The van der Waals surface area contributed by atoms with Crippen molar-refractivity contribution >= 4 is 97.1 Å². The average Bonchev–Trinajstić information content (AvgIpc) is 4.11. The second-order valence-electron chi connectivity index (χ2n) is 16.0. The summed E-state index contributed by atoms with van der Waals surface area (Å²) in [6.07, 6.45) is 0. The minimum absolute atomic E-state index is 0.159. The fourth-order valence-corrected chi connectivity index (χ4v) is 10.8. The number of aromatic nitrogens is 5. The SMILES string of the molecule is Oc1c(O)c(O)c2c(c1O)c1c(O)c(O)c(O)c(O)c1n2-c1cc(-c2nc(-c3cccc4oc5ccccc5c34)nc(-n3c4ccccc4c4ccccc43)n2)c2c(c1)sc1ccccc12. The number of nitrogens with zero attached hydrogens (tertiary/aromatic N) is 5. The predicted octanol–water partition coefficient (Wildman–Crippen LogP) is 11.3. The van der Waals surface area contributed by atoms with E-state index in [1.807, 2.05) is 120 Å². The summed E-state index contributed by atoms with van der Waals surface area (Å²) >= 11 is 1.42. The normalized spacial score (nSPS) is 12.1. The van der Waals surface area contributed by atoms with Crippen LogP contribution in [-0.4, -0.2) is 64.9 Å². The smallest absolute Gasteiger partial charge is 0.238 e. The van der Waals surface area contributed by atoms with Crippen molar-refractivity contribution < 1.29 is 45.3 Å². The molecule has 0 atom stereocenters. The molecule has 318 valence electrons. The Morgan fingerprint density at radius 2 is 0.924 bits per heavy atom. The standard InChI is InChI=1S/C51H29N5O9S/c57-41-37-38-40(44(60)48(64)46(62)42(38)58)55(39(37)43(59)47(63)45(41)61)22-20-28(36-26-13-4-8-19-33(26)66-34(36)21-22)50-52-49(27-14-9-18-32-35(27)25-12-3-7-17-31(25)65-32)53-51(54-50)56-29-15-5-1-10-23(29)24-11-2-6-16-30(24)56/h1-21,57-64H. The van der Waals surface area contributed by atoms with Crippen LogP contribution >= 0.6 is 11.3 Å². The Hall–Kier alpha value is -9.21. The largest absolute Gasteiger partial charge is 0.504 e. The van der Waals surface area contributed by atoms with E-state index in [2.05, 4.69) is 0 Å². The molecule has 0 fully saturated rings. The van der Waals surface area contributed by atoms with Crippen LogP contribution in [0.2, 0.25) is 0 Å². The first-order valence-corrected chi connectivity index (χ1v) is 21.3. The summed E-state index contributed by atoms with van der Waals surface area (Å²) in [5, 5.41) is 93.5. The van der Waals surface area contributed by atoms with Gasteiger partial charge in [-0.3, -0.25) is 4.57 Å². The summed E-state index contributed by atoms with van der Waals surface area (Å²) < 4.78 is 11.1. The molecule has 66 heavy (non-hydrogen) atoms. The van der Waals surface area contributed by atoms with Crippen molar-refractivity contribution in [3.8, 4) is 80.4 Å². The van der Waals surface area contributed by atoms with Crippen LogP contribution in [-0.2, 0) is 0 Å². The van der Waals surface area contributed by atoms with Crippen molar-refractivity contribution in [3.63, 3.8) is 0 Å². The molecule has 0 unspecified atom stereocenters. The first-order chi connectivity index (χ1) is 32.1. The number of para-hydroxylation sites is 3. The monoisotopic (exact) mass is 887 g/mol. The zero-order chi connectivity index (χ0) is 44.9. The highest BCUT2D eigenvalue weighted by molar-refractivity contribution is 7.26. The highest BCUT2D eigenvalue weighted by Crippen LogP contribution is 2.59. The van der Waals surface area contributed by atoms with Crippen molar-refractivity contribution in [1.82, 2.24) is 24.1 Å². The molecule has 0 spiro atoms. The van der Waals surface area contributed by atoms with Crippen LogP contribution in [0.1, 0.15) is 0 Å². The zero-order valence-electron chi connectivity index (χ0n) is 33.8. The third kappa shape index (κ3) is 4.85. The topological polar surface area (TPSA) is 224 Å². The van der Waals surface area contributed by atoms with Gasteiger partial charge >= 0.3 is 0 Å².